The number of aliphatic hydroxyl groups excluding tert-OH is 1. The van der Waals surface area contributed by atoms with Crippen molar-refractivity contribution in [2.24, 2.45) is 0 Å². The molecule has 0 radical (unpaired) electrons. The van der Waals surface area contributed by atoms with Crippen LogP contribution in [0.5, 0.6) is 0 Å². The molecule has 0 saturated carbocycles. The number of hydrogen-bond acceptors (Lipinski definition) is 4. The van der Waals surface area contributed by atoms with Gasteiger partial charge in [0, 0.05) is 12.2 Å². The number of carbonyl (C=O) groups excluding carboxylic acids is 1. The van der Waals surface area contributed by atoms with Crippen LogP contribution in [0.4, 0.5) is 15.8 Å². The molecule has 5 nitrogen and oxygen atoms in total. The number of halogens is 1. The van der Waals surface area contributed by atoms with E-state index >= 15 is 0 Å². The van der Waals surface area contributed by atoms with Gasteiger partial charge in [0.1, 0.15) is 5.82 Å². The van der Waals surface area contributed by atoms with Gasteiger partial charge in [0.05, 0.1) is 18.3 Å². The Hall–Kier alpha value is -1.66. The van der Waals surface area contributed by atoms with Gasteiger partial charge in [-0.15, -0.1) is 0 Å². The van der Waals surface area contributed by atoms with Crippen LogP contribution in [0.3, 0.4) is 0 Å². The lowest BCUT2D eigenvalue weighted by atomic mass is 10.2. The highest BCUT2D eigenvalue weighted by molar-refractivity contribution is 5.92. The Morgan fingerprint density at radius 3 is 2.89 bits per heavy atom. The summed E-state index contributed by atoms with van der Waals surface area (Å²) < 4.78 is 13.4. The second-order valence-electron chi connectivity index (χ2n) is 4.33. The van der Waals surface area contributed by atoms with Crippen molar-refractivity contribution in [3.8, 4) is 0 Å². The number of rotatable bonds is 5. The fourth-order valence-corrected chi connectivity index (χ4v) is 1.59. The number of hydrogen-bond donors (Lipinski definition) is 3. The standard InChI is InChI=1S/C12H18FN3O2/c1-8(17)6-16(2)7-12(18)15-11-5-9(14)3-4-10(11)13/h3-5,8,17H,6-7,14H2,1-2H3,(H,15,18). The zero-order valence-corrected chi connectivity index (χ0v) is 10.5. The van der Waals surface area contributed by atoms with Gasteiger partial charge in [-0.05, 0) is 32.2 Å². The lowest BCUT2D eigenvalue weighted by Gasteiger charge is -2.17. The highest BCUT2D eigenvalue weighted by atomic mass is 19.1. The Morgan fingerprint density at radius 1 is 1.61 bits per heavy atom. The van der Waals surface area contributed by atoms with Crippen molar-refractivity contribution in [3.05, 3.63) is 24.0 Å². The third-order valence-electron chi connectivity index (χ3n) is 2.25. The Bertz CT molecular complexity index is 424. The van der Waals surface area contributed by atoms with Crippen molar-refractivity contribution in [2.75, 3.05) is 31.2 Å². The van der Waals surface area contributed by atoms with Crippen LogP contribution in [0, 0.1) is 5.82 Å². The number of anilines is 2. The Labute approximate surface area is 105 Å². The van der Waals surface area contributed by atoms with E-state index in [0.29, 0.717) is 12.2 Å². The quantitative estimate of drug-likeness (QED) is 0.675. The summed E-state index contributed by atoms with van der Waals surface area (Å²) in [5.74, 6) is -0.890. The van der Waals surface area contributed by atoms with Crippen LogP contribution in [-0.4, -0.2) is 42.2 Å². The van der Waals surface area contributed by atoms with Gasteiger partial charge < -0.3 is 16.2 Å². The smallest absolute Gasteiger partial charge is 0.238 e. The molecule has 1 rings (SSSR count). The first-order valence-corrected chi connectivity index (χ1v) is 5.60. The van der Waals surface area contributed by atoms with Crippen LogP contribution in [0.25, 0.3) is 0 Å². The summed E-state index contributed by atoms with van der Waals surface area (Å²) in [6.45, 7) is 2.07. The normalized spacial score (nSPS) is 12.5. The summed E-state index contributed by atoms with van der Waals surface area (Å²) in [7, 11) is 1.70. The van der Waals surface area contributed by atoms with E-state index in [-0.39, 0.29) is 18.1 Å². The largest absolute Gasteiger partial charge is 0.399 e. The molecule has 1 amide bonds. The van der Waals surface area contributed by atoms with Gasteiger partial charge >= 0.3 is 0 Å². The van der Waals surface area contributed by atoms with Crippen LogP contribution >= 0.6 is 0 Å². The number of nitrogens with zero attached hydrogens (tertiary/aromatic N) is 1. The molecule has 0 aliphatic carbocycles. The highest BCUT2D eigenvalue weighted by Gasteiger charge is 2.11. The number of amides is 1. The average Bonchev–Trinajstić information content (AvgIpc) is 2.21. The van der Waals surface area contributed by atoms with Crippen molar-refractivity contribution in [2.45, 2.75) is 13.0 Å². The maximum absolute atomic E-state index is 13.4. The van der Waals surface area contributed by atoms with Crippen molar-refractivity contribution in [1.29, 1.82) is 0 Å². The van der Waals surface area contributed by atoms with Crippen LogP contribution < -0.4 is 11.1 Å². The molecule has 4 N–H and O–H groups in total. The molecule has 100 valence electrons. The van der Waals surface area contributed by atoms with Gasteiger partial charge in [-0.25, -0.2) is 4.39 Å². The summed E-state index contributed by atoms with van der Waals surface area (Å²) in [6.07, 6.45) is -0.521. The summed E-state index contributed by atoms with van der Waals surface area (Å²) in [5, 5.41) is 11.6. The first kappa shape index (κ1) is 14.4. The monoisotopic (exact) mass is 255 g/mol. The molecule has 1 unspecified atom stereocenters. The van der Waals surface area contributed by atoms with Crippen molar-refractivity contribution < 1.29 is 14.3 Å². The number of likely N-dealkylation sites (N-methyl/N-ethyl adjacent to an activating group) is 1. The lowest BCUT2D eigenvalue weighted by molar-refractivity contribution is -0.117. The predicted molar refractivity (Wildman–Crippen MR) is 68.6 cm³/mol. The Balaban J connectivity index is 2.56. The maximum Gasteiger partial charge on any atom is 0.238 e. The number of aliphatic hydroxyl groups is 1. The van der Waals surface area contributed by atoms with Gasteiger partial charge in [0.15, 0.2) is 0 Å². The fraction of sp³-hybridized carbons (Fsp3) is 0.417. The molecule has 6 heteroatoms. The molecule has 0 saturated heterocycles. The molecule has 1 atom stereocenters. The average molecular weight is 255 g/mol. The minimum absolute atomic E-state index is 0.0606. The van der Waals surface area contributed by atoms with Gasteiger partial charge in [0.25, 0.3) is 0 Å². The number of nitrogen functional groups attached to an aromatic ring is 1. The summed E-state index contributed by atoms with van der Waals surface area (Å²) >= 11 is 0. The van der Waals surface area contributed by atoms with E-state index in [1.807, 2.05) is 0 Å². The van der Waals surface area contributed by atoms with E-state index < -0.39 is 11.9 Å². The molecule has 1 aromatic carbocycles. The third-order valence-corrected chi connectivity index (χ3v) is 2.25. The highest BCUT2D eigenvalue weighted by Crippen LogP contribution is 2.17. The first-order chi connectivity index (χ1) is 8.38. The zero-order chi connectivity index (χ0) is 13.7. The number of nitrogens with two attached hydrogens (primary N) is 1. The number of benzene rings is 1. The molecular weight excluding hydrogens is 237 g/mol. The molecule has 0 heterocycles. The molecule has 18 heavy (non-hydrogen) atoms. The van der Waals surface area contributed by atoms with Crippen LogP contribution in [0.15, 0.2) is 18.2 Å². The minimum Gasteiger partial charge on any atom is -0.399 e. The first-order valence-electron chi connectivity index (χ1n) is 5.60. The zero-order valence-electron chi connectivity index (χ0n) is 10.5. The van der Waals surface area contributed by atoms with Crippen molar-refractivity contribution >= 4 is 17.3 Å². The van der Waals surface area contributed by atoms with Gasteiger partial charge in [-0.2, -0.15) is 0 Å². The van der Waals surface area contributed by atoms with E-state index in [4.69, 9.17) is 10.8 Å². The summed E-state index contributed by atoms with van der Waals surface area (Å²) in [6, 6.07) is 3.98. The second kappa shape index (κ2) is 6.32. The SMILES string of the molecule is CC(O)CN(C)CC(=O)Nc1cc(N)ccc1F. The molecular formula is C12H18FN3O2. The van der Waals surface area contributed by atoms with Crippen LogP contribution in [0.1, 0.15) is 6.92 Å². The third kappa shape index (κ3) is 4.68. The molecule has 1 aromatic rings. The Kier molecular flexibility index (Phi) is 5.06. The van der Waals surface area contributed by atoms with Crippen molar-refractivity contribution in [3.63, 3.8) is 0 Å². The minimum atomic E-state index is -0.532. The fourth-order valence-electron chi connectivity index (χ4n) is 1.59. The van der Waals surface area contributed by atoms with Gasteiger partial charge in [0.2, 0.25) is 5.91 Å². The van der Waals surface area contributed by atoms with E-state index in [1.165, 1.54) is 18.2 Å². The van der Waals surface area contributed by atoms with Crippen LogP contribution in [-0.2, 0) is 4.79 Å². The molecule has 0 aromatic heterocycles. The second-order valence-corrected chi connectivity index (χ2v) is 4.33. The number of nitrogens with one attached hydrogen (secondary N) is 1. The predicted octanol–water partition coefficient (Wildman–Crippen LogP) is 0.659. The maximum atomic E-state index is 13.4. The topological polar surface area (TPSA) is 78.6 Å². The summed E-state index contributed by atoms with van der Waals surface area (Å²) in [4.78, 5) is 13.3. The molecule has 0 fully saturated rings. The van der Waals surface area contributed by atoms with Crippen LogP contribution in [0.2, 0.25) is 0 Å². The molecule has 0 aliphatic heterocycles. The van der Waals surface area contributed by atoms with E-state index in [1.54, 1.807) is 18.9 Å². The van der Waals surface area contributed by atoms with E-state index in [9.17, 15) is 9.18 Å². The molecule has 0 bridgehead atoms. The summed E-state index contributed by atoms with van der Waals surface area (Å²) in [5.41, 5.74) is 5.95. The number of carbonyl (C=O) groups is 1. The van der Waals surface area contributed by atoms with Gasteiger partial charge in [-0.1, -0.05) is 0 Å². The van der Waals surface area contributed by atoms with E-state index in [2.05, 4.69) is 5.32 Å². The Morgan fingerprint density at radius 2 is 2.28 bits per heavy atom. The van der Waals surface area contributed by atoms with Gasteiger partial charge in [-0.3, -0.25) is 9.69 Å². The van der Waals surface area contributed by atoms with Crippen molar-refractivity contribution in [1.82, 2.24) is 4.90 Å². The molecule has 0 spiro atoms. The molecule has 0 aliphatic rings. The lowest BCUT2D eigenvalue weighted by Crippen LogP contribution is -2.34. The van der Waals surface area contributed by atoms with E-state index in [0.717, 1.165) is 0 Å².